The first-order valence-electron chi connectivity index (χ1n) is 5.76. The second-order valence-corrected chi connectivity index (χ2v) is 6.70. The number of halogens is 2. The molecule has 0 aliphatic heterocycles. The second kappa shape index (κ2) is 6.36. The fourth-order valence-electron chi connectivity index (χ4n) is 1.63. The van der Waals surface area contributed by atoms with Crippen molar-refractivity contribution in [1.82, 2.24) is 0 Å². The van der Waals surface area contributed by atoms with Crippen LogP contribution in [0, 0.1) is 15.9 Å². The first-order chi connectivity index (χ1) is 9.16. The summed E-state index contributed by atoms with van der Waals surface area (Å²) in [6.45, 7) is 3.58. The maximum Gasteiger partial charge on any atom is 0.312 e. The van der Waals surface area contributed by atoms with E-state index in [-0.39, 0.29) is 11.9 Å². The summed E-state index contributed by atoms with van der Waals surface area (Å²) in [4.78, 5) is 9.13. The molecule has 1 atom stereocenters. The highest BCUT2D eigenvalue weighted by Crippen LogP contribution is 2.34. The van der Waals surface area contributed by atoms with Crippen LogP contribution in [0.4, 0.5) is 10.1 Å². The molecule has 1 aromatic carbocycles. The highest BCUT2D eigenvalue weighted by Gasteiger charge is 2.26. The van der Waals surface area contributed by atoms with Crippen molar-refractivity contribution in [2.24, 2.45) is 0 Å². The minimum Gasteiger partial charge on any atom is -0.484 e. The molecule has 112 valence electrons. The summed E-state index contributed by atoms with van der Waals surface area (Å²) in [5.74, 6) is -1.51. The minimum atomic E-state index is -4.41. The second-order valence-electron chi connectivity index (χ2n) is 4.16. The Morgan fingerprint density at radius 2 is 2.10 bits per heavy atom. The summed E-state index contributed by atoms with van der Waals surface area (Å²) in [7, 11) is 0.609. The van der Waals surface area contributed by atoms with Crippen LogP contribution in [-0.2, 0) is 9.05 Å². The number of hydrogen-bond donors (Lipinski definition) is 0. The van der Waals surface area contributed by atoms with Crippen LogP contribution in [0.15, 0.2) is 17.0 Å². The summed E-state index contributed by atoms with van der Waals surface area (Å²) >= 11 is 0. The Kier molecular flexibility index (Phi) is 5.29. The number of benzene rings is 1. The van der Waals surface area contributed by atoms with Gasteiger partial charge in [-0.15, -0.1) is 0 Å². The van der Waals surface area contributed by atoms with E-state index in [4.69, 9.17) is 15.4 Å². The standard InChI is InChI=1S/C11H13ClFNO5S/c1-3-4-7(2)19-10-5-8(13)11(20(12,17)18)6-9(10)14(15)16/h5-7H,3-4H2,1-2H3. The molecular formula is C11H13ClFNO5S. The van der Waals surface area contributed by atoms with Crippen molar-refractivity contribution in [2.45, 2.75) is 37.7 Å². The Morgan fingerprint density at radius 1 is 1.50 bits per heavy atom. The lowest BCUT2D eigenvalue weighted by Gasteiger charge is -2.14. The first-order valence-corrected chi connectivity index (χ1v) is 8.07. The number of hydrogen-bond acceptors (Lipinski definition) is 5. The van der Waals surface area contributed by atoms with Crippen molar-refractivity contribution in [3.63, 3.8) is 0 Å². The molecule has 0 aliphatic rings. The Morgan fingerprint density at radius 3 is 2.55 bits per heavy atom. The van der Waals surface area contributed by atoms with Crippen LogP contribution >= 0.6 is 10.7 Å². The Hall–Kier alpha value is -1.41. The average Bonchev–Trinajstić information content (AvgIpc) is 2.26. The van der Waals surface area contributed by atoms with Gasteiger partial charge in [0.05, 0.1) is 11.0 Å². The zero-order chi connectivity index (χ0) is 15.5. The molecule has 0 fully saturated rings. The van der Waals surface area contributed by atoms with E-state index in [0.717, 1.165) is 6.42 Å². The summed E-state index contributed by atoms with van der Waals surface area (Å²) in [5.41, 5.74) is -0.645. The van der Waals surface area contributed by atoms with E-state index in [2.05, 4.69) is 0 Å². The Labute approximate surface area is 120 Å². The molecule has 0 N–H and O–H groups in total. The highest BCUT2D eigenvalue weighted by molar-refractivity contribution is 8.13. The molecule has 1 aromatic rings. The minimum absolute atomic E-state index is 0.322. The lowest BCUT2D eigenvalue weighted by atomic mass is 10.2. The van der Waals surface area contributed by atoms with E-state index in [1.54, 1.807) is 6.92 Å². The third kappa shape index (κ3) is 4.04. The fraction of sp³-hybridized carbons (Fsp3) is 0.455. The molecule has 1 rings (SSSR count). The molecule has 0 heterocycles. The van der Waals surface area contributed by atoms with Crippen molar-refractivity contribution in [1.29, 1.82) is 0 Å². The van der Waals surface area contributed by atoms with Gasteiger partial charge < -0.3 is 4.74 Å². The predicted octanol–water partition coefficient (Wildman–Crippen LogP) is 3.23. The van der Waals surface area contributed by atoms with E-state index in [1.165, 1.54) is 0 Å². The molecule has 6 nitrogen and oxygen atoms in total. The van der Waals surface area contributed by atoms with Gasteiger partial charge in [-0.1, -0.05) is 13.3 Å². The smallest absolute Gasteiger partial charge is 0.312 e. The molecule has 1 unspecified atom stereocenters. The predicted molar refractivity (Wildman–Crippen MR) is 71.1 cm³/mol. The van der Waals surface area contributed by atoms with Gasteiger partial charge in [-0.3, -0.25) is 10.1 Å². The number of ether oxygens (including phenoxy) is 1. The van der Waals surface area contributed by atoms with E-state index in [9.17, 15) is 22.9 Å². The van der Waals surface area contributed by atoms with Gasteiger partial charge in [0, 0.05) is 22.8 Å². The molecule has 0 radical (unpaired) electrons. The van der Waals surface area contributed by atoms with Crippen molar-refractivity contribution >= 4 is 25.4 Å². The van der Waals surface area contributed by atoms with Crippen molar-refractivity contribution in [3.8, 4) is 5.75 Å². The zero-order valence-corrected chi connectivity index (χ0v) is 12.4. The van der Waals surface area contributed by atoms with E-state index in [1.807, 2.05) is 6.92 Å². The van der Waals surface area contributed by atoms with Gasteiger partial charge >= 0.3 is 5.69 Å². The summed E-state index contributed by atoms with van der Waals surface area (Å²) in [6.07, 6.45) is 1.04. The van der Waals surface area contributed by atoms with Crippen LogP contribution in [0.5, 0.6) is 5.75 Å². The number of nitro benzene ring substituents is 1. The van der Waals surface area contributed by atoms with E-state index in [0.29, 0.717) is 18.6 Å². The van der Waals surface area contributed by atoms with Gasteiger partial charge in [-0.25, -0.2) is 12.8 Å². The third-order valence-electron chi connectivity index (χ3n) is 2.50. The molecule has 0 saturated heterocycles. The van der Waals surface area contributed by atoms with Gasteiger partial charge in [0.2, 0.25) is 0 Å². The van der Waals surface area contributed by atoms with Crippen LogP contribution in [0.25, 0.3) is 0 Å². The maximum absolute atomic E-state index is 13.7. The van der Waals surface area contributed by atoms with Gasteiger partial charge in [0.25, 0.3) is 9.05 Å². The van der Waals surface area contributed by atoms with Gasteiger partial charge in [-0.2, -0.15) is 0 Å². The van der Waals surface area contributed by atoms with Gasteiger partial charge in [-0.05, 0) is 13.3 Å². The largest absolute Gasteiger partial charge is 0.484 e. The average molecular weight is 326 g/mol. The Balaban J connectivity index is 3.32. The number of rotatable bonds is 6. The van der Waals surface area contributed by atoms with Gasteiger partial charge in [0.15, 0.2) is 5.75 Å². The van der Waals surface area contributed by atoms with E-state index >= 15 is 0 Å². The lowest BCUT2D eigenvalue weighted by Crippen LogP contribution is -2.13. The monoisotopic (exact) mass is 325 g/mol. The van der Waals surface area contributed by atoms with Crippen LogP contribution in [0.1, 0.15) is 26.7 Å². The summed E-state index contributed by atoms with van der Waals surface area (Å²) in [5, 5.41) is 10.9. The number of nitro groups is 1. The van der Waals surface area contributed by atoms with E-state index < -0.39 is 30.4 Å². The molecule has 20 heavy (non-hydrogen) atoms. The lowest BCUT2D eigenvalue weighted by molar-refractivity contribution is -0.386. The molecule has 0 spiro atoms. The van der Waals surface area contributed by atoms with Crippen LogP contribution < -0.4 is 4.74 Å². The first kappa shape index (κ1) is 16.6. The topological polar surface area (TPSA) is 86.5 Å². The molecule has 0 aliphatic carbocycles. The van der Waals surface area contributed by atoms with Crippen LogP contribution in [-0.4, -0.2) is 19.4 Å². The molecule has 0 aromatic heterocycles. The number of nitrogens with zero attached hydrogens (tertiary/aromatic N) is 1. The molecular weight excluding hydrogens is 313 g/mol. The maximum atomic E-state index is 13.7. The van der Waals surface area contributed by atoms with Crippen LogP contribution in [0.3, 0.4) is 0 Å². The molecule has 0 saturated carbocycles. The fourth-order valence-corrected chi connectivity index (χ4v) is 2.53. The third-order valence-corrected chi connectivity index (χ3v) is 3.83. The molecule has 0 amide bonds. The normalized spacial score (nSPS) is 13.0. The molecule has 0 bridgehead atoms. The zero-order valence-electron chi connectivity index (χ0n) is 10.8. The van der Waals surface area contributed by atoms with Crippen molar-refractivity contribution in [3.05, 3.63) is 28.1 Å². The quantitative estimate of drug-likeness (QED) is 0.455. The highest BCUT2D eigenvalue weighted by atomic mass is 35.7. The van der Waals surface area contributed by atoms with Crippen molar-refractivity contribution in [2.75, 3.05) is 0 Å². The SMILES string of the molecule is CCCC(C)Oc1cc(F)c(S(=O)(=O)Cl)cc1[N+](=O)[O-]. The summed E-state index contributed by atoms with van der Waals surface area (Å²) in [6, 6.07) is 1.23. The molecule has 9 heteroatoms. The van der Waals surface area contributed by atoms with Gasteiger partial charge in [0.1, 0.15) is 10.7 Å². The van der Waals surface area contributed by atoms with Crippen LogP contribution in [0.2, 0.25) is 0 Å². The summed E-state index contributed by atoms with van der Waals surface area (Å²) < 4.78 is 41.2. The Bertz CT molecular complexity index is 619. The van der Waals surface area contributed by atoms with Crippen molar-refractivity contribution < 1.29 is 22.5 Å².